The van der Waals surface area contributed by atoms with Gasteiger partial charge in [-0.1, -0.05) is 24.3 Å². The predicted molar refractivity (Wildman–Crippen MR) is 77.8 cm³/mol. The lowest BCUT2D eigenvalue weighted by Gasteiger charge is -2.18. The molecule has 2 aromatic carbocycles. The lowest BCUT2D eigenvalue weighted by molar-refractivity contribution is -0.141. The Bertz CT molecular complexity index is 613. The lowest BCUT2D eigenvalue weighted by atomic mass is 10.1. The minimum Gasteiger partial charge on any atom is -0.497 e. The van der Waals surface area contributed by atoms with Gasteiger partial charge in [-0.25, -0.2) is 9.18 Å². The van der Waals surface area contributed by atoms with Crippen molar-refractivity contribution in [2.45, 2.75) is 6.04 Å². The molecular formula is C16H16FNO3. The number of hydrogen-bond donors (Lipinski definition) is 1. The number of carbonyl (C=O) groups excluding carboxylic acids is 1. The molecule has 0 heterocycles. The smallest absolute Gasteiger partial charge is 0.332 e. The molecule has 0 aromatic heterocycles. The minimum absolute atomic E-state index is 0.240. The van der Waals surface area contributed by atoms with Crippen LogP contribution in [0.15, 0.2) is 48.5 Å². The number of esters is 1. The number of hydrogen-bond acceptors (Lipinski definition) is 4. The van der Waals surface area contributed by atoms with Gasteiger partial charge in [0.25, 0.3) is 0 Å². The largest absolute Gasteiger partial charge is 0.497 e. The van der Waals surface area contributed by atoms with Crippen LogP contribution in [-0.4, -0.2) is 20.2 Å². The van der Waals surface area contributed by atoms with Crippen LogP contribution in [0.5, 0.6) is 5.75 Å². The maximum atomic E-state index is 13.7. The Morgan fingerprint density at radius 2 is 1.76 bits per heavy atom. The number of ether oxygens (including phenoxy) is 2. The fourth-order valence-electron chi connectivity index (χ4n) is 1.93. The summed E-state index contributed by atoms with van der Waals surface area (Å²) in [6, 6.07) is 12.3. The summed E-state index contributed by atoms with van der Waals surface area (Å²) in [5, 5.41) is 2.86. The van der Waals surface area contributed by atoms with Crippen LogP contribution >= 0.6 is 0 Å². The minimum atomic E-state index is -0.794. The van der Waals surface area contributed by atoms with Gasteiger partial charge < -0.3 is 14.8 Å². The highest BCUT2D eigenvalue weighted by molar-refractivity contribution is 5.81. The Labute approximate surface area is 122 Å². The van der Waals surface area contributed by atoms with E-state index in [2.05, 4.69) is 5.32 Å². The van der Waals surface area contributed by atoms with Gasteiger partial charge in [-0.2, -0.15) is 0 Å². The lowest BCUT2D eigenvalue weighted by Crippen LogP contribution is -2.22. The maximum absolute atomic E-state index is 13.7. The van der Waals surface area contributed by atoms with E-state index in [9.17, 15) is 9.18 Å². The van der Waals surface area contributed by atoms with Crippen LogP contribution < -0.4 is 10.1 Å². The Morgan fingerprint density at radius 1 is 1.10 bits per heavy atom. The highest BCUT2D eigenvalue weighted by Gasteiger charge is 2.22. The summed E-state index contributed by atoms with van der Waals surface area (Å²) in [5.41, 5.74) is 0.898. The molecule has 1 unspecified atom stereocenters. The van der Waals surface area contributed by atoms with E-state index in [0.29, 0.717) is 11.3 Å². The van der Waals surface area contributed by atoms with E-state index in [4.69, 9.17) is 9.47 Å². The zero-order valence-corrected chi connectivity index (χ0v) is 11.8. The molecule has 21 heavy (non-hydrogen) atoms. The number of methoxy groups -OCH3 is 2. The van der Waals surface area contributed by atoms with E-state index in [0.717, 1.165) is 0 Å². The summed E-state index contributed by atoms with van der Waals surface area (Å²) in [6.07, 6.45) is 0. The van der Waals surface area contributed by atoms with Crippen molar-refractivity contribution in [2.24, 2.45) is 0 Å². The molecule has 2 rings (SSSR count). The van der Waals surface area contributed by atoms with Crippen molar-refractivity contribution in [3.05, 3.63) is 59.9 Å². The van der Waals surface area contributed by atoms with E-state index < -0.39 is 17.8 Å². The van der Waals surface area contributed by atoms with E-state index >= 15 is 0 Å². The molecule has 0 aliphatic rings. The average molecular weight is 289 g/mol. The van der Waals surface area contributed by atoms with Crippen LogP contribution in [-0.2, 0) is 9.53 Å². The summed E-state index contributed by atoms with van der Waals surface area (Å²) in [6.45, 7) is 0. The molecule has 1 N–H and O–H groups in total. The zero-order valence-electron chi connectivity index (χ0n) is 11.8. The summed E-state index contributed by atoms with van der Waals surface area (Å²) in [7, 11) is 2.85. The van der Waals surface area contributed by atoms with Crippen LogP contribution in [0.4, 0.5) is 10.1 Å². The third-order valence-corrected chi connectivity index (χ3v) is 3.06. The molecule has 0 bridgehead atoms. The van der Waals surface area contributed by atoms with Crippen LogP contribution in [0.2, 0.25) is 0 Å². The summed E-state index contributed by atoms with van der Waals surface area (Å²) in [4.78, 5) is 11.9. The van der Waals surface area contributed by atoms with Crippen LogP contribution in [0.3, 0.4) is 0 Å². The maximum Gasteiger partial charge on any atom is 0.332 e. The van der Waals surface area contributed by atoms with Gasteiger partial charge in [-0.3, -0.25) is 0 Å². The standard InChI is InChI=1S/C16H16FNO3/c1-20-12-9-7-11(8-10-12)15(16(19)21-2)18-14-6-4-3-5-13(14)17/h3-10,15,18H,1-2H3. The first-order valence-corrected chi connectivity index (χ1v) is 6.38. The monoisotopic (exact) mass is 289 g/mol. The fraction of sp³-hybridized carbons (Fsp3) is 0.188. The highest BCUT2D eigenvalue weighted by Crippen LogP contribution is 2.24. The van der Waals surface area contributed by atoms with E-state index in [1.165, 1.54) is 13.2 Å². The Balaban J connectivity index is 2.30. The molecule has 0 fully saturated rings. The molecule has 0 spiro atoms. The van der Waals surface area contributed by atoms with E-state index in [-0.39, 0.29) is 5.69 Å². The van der Waals surface area contributed by atoms with Crippen molar-refractivity contribution in [2.75, 3.05) is 19.5 Å². The number of rotatable bonds is 5. The van der Waals surface area contributed by atoms with Crippen molar-refractivity contribution in [1.82, 2.24) is 0 Å². The van der Waals surface area contributed by atoms with Crippen molar-refractivity contribution in [1.29, 1.82) is 0 Å². The van der Waals surface area contributed by atoms with Crippen molar-refractivity contribution in [3.8, 4) is 5.75 Å². The molecule has 0 aliphatic heterocycles. The highest BCUT2D eigenvalue weighted by atomic mass is 19.1. The summed E-state index contributed by atoms with van der Waals surface area (Å²) >= 11 is 0. The number of nitrogens with one attached hydrogen (secondary N) is 1. The fourth-order valence-corrected chi connectivity index (χ4v) is 1.93. The third kappa shape index (κ3) is 3.51. The normalized spacial score (nSPS) is 11.6. The molecule has 0 amide bonds. The zero-order chi connectivity index (χ0) is 15.2. The second-order valence-electron chi connectivity index (χ2n) is 4.35. The summed E-state index contributed by atoms with van der Waals surface area (Å²) in [5.74, 6) is -0.253. The Kier molecular flexibility index (Phi) is 4.77. The number of halogens is 1. The SMILES string of the molecule is COC(=O)C(Nc1ccccc1F)c1ccc(OC)cc1. The first kappa shape index (κ1) is 14.8. The van der Waals surface area contributed by atoms with Gasteiger partial charge >= 0.3 is 5.97 Å². The van der Waals surface area contributed by atoms with Gasteiger partial charge in [0.05, 0.1) is 19.9 Å². The number of para-hydroxylation sites is 1. The molecule has 110 valence electrons. The molecule has 2 aromatic rings. The number of anilines is 1. The Morgan fingerprint density at radius 3 is 2.33 bits per heavy atom. The predicted octanol–water partition coefficient (Wildman–Crippen LogP) is 3.16. The van der Waals surface area contributed by atoms with Gasteiger partial charge in [0.1, 0.15) is 11.6 Å². The number of carbonyl (C=O) groups is 1. The van der Waals surface area contributed by atoms with Gasteiger partial charge in [0, 0.05) is 0 Å². The van der Waals surface area contributed by atoms with Crippen LogP contribution in [0.1, 0.15) is 11.6 Å². The second kappa shape index (κ2) is 6.74. The molecule has 0 radical (unpaired) electrons. The first-order chi connectivity index (χ1) is 10.2. The van der Waals surface area contributed by atoms with Gasteiger partial charge in [0.2, 0.25) is 0 Å². The van der Waals surface area contributed by atoms with E-state index in [1.54, 1.807) is 49.6 Å². The van der Waals surface area contributed by atoms with Crippen LogP contribution in [0, 0.1) is 5.82 Å². The first-order valence-electron chi connectivity index (χ1n) is 6.38. The van der Waals surface area contributed by atoms with Gasteiger partial charge in [-0.15, -0.1) is 0 Å². The van der Waals surface area contributed by atoms with E-state index in [1.807, 2.05) is 0 Å². The van der Waals surface area contributed by atoms with Crippen LogP contribution in [0.25, 0.3) is 0 Å². The van der Waals surface area contributed by atoms with Gasteiger partial charge in [-0.05, 0) is 29.8 Å². The molecule has 0 saturated heterocycles. The quantitative estimate of drug-likeness (QED) is 0.859. The topological polar surface area (TPSA) is 47.6 Å². The molecular weight excluding hydrogens is 273 g/mol. The van der Waals surface area contributed by atoms with Crippen molar-refractivity contribution in [3.63, 3.8) is 0 Å². The molecule has 0 aliphatic carbocycles. The second-order valence-corrected chi connectivity index (χ2v) is 4.35. The molecule has 5 heteroatoms. The van der Waals surface area contributed by atoms with Crippen molar-refractivity contribution < 1.29 is 18.7 Å². The molecule has 4 nitrogen and oxygen atoms in total. The number of benzene rings is 2. The van der Waals surface area contributed by atoms with Gasteiger partial charge in [0.15, 0.2) is 6.04 Å². The molecule has 0 saturated carbocycles. The average Bonchev–Trinajstić information content (AvgIpc) is 2.53. The molecule has 1 atom stereocenters. The Hall–Kier alpha value is -2.56. The van der Waals surface area contributed by atoms with Crippen molar-refractivity contribution >= 4 is 11.7 Å². The summed E-state index contributed by atoms with van der Waals surface area (Å²) < 4.78 is 23.6. The third-order valence-electron chi connectivity index (χ3n) is 3.06.